The SMILES string of the molecule is CCNC(=NCc1ccccc1)NCc1ccc(C#N)cc1.I. The van der Waals surface area contributed by atoms with Crippen molar-refractivity contribution in [2.45, 2.75) is 20.0 Å². The Morgan fingerprint density at radius 1 is 1.00 bits per heavy atom. The first-order chi connectivity index (χ1) is 10.8. The number of aliphatic imine (C=N–C) groups is 1. The predicted octanol–water partition coefficient (Wildman–Crippen LogP) is 3.43. The van der Waals surface area contributed by atoms with Crippen LogP contribution in [0.1, 0.15) is 23.6 Å². The Morgan fingerprint density at radius 3 is 2.30 bits per heavy atom. The highest BCUT2D eigenvalue weighted by atomic mass is 127. The molecule has 0 radical (unpaired) electrons. The molecule has 0 aliphatic rings. The maximum Gasteiger partial charge on any atom is 0.191 e. The zero-order chi connectivity index (χ0) is 15.6. The molecule has 2 aromatic carbocycles. The Bertz CT molecular complexity index is 645. The Labute approximate surface area is 154 Å². The Balaban J connectivity index is 0.00000264. The molecule has 0 fully saturated rings. The highest BCUT2D eigenvalue weighted by molar-refractivity contribution is 14.0. The van der Waals surface area contributed by atoms with E-state index in [1.165, 1.54) is 5.56 Å². The van der Waals surface area contributed by atoms with Crippen LogP contribution in [-0.4, -0.2) is 12.5 Å². The summed E-state index contributed by atoms with van der Waals surface area (Å²) in [6.07, 6.45) is 0. The van der Waals surface area contributed by atoms with Crippen LogP contribution in [0.5, 0.6) is 0 Å². The van der Waals surface area contributed by atoms with Crippen molar-refractivity contribution in [1.29, 1.82) is 5.26 Å². The van der Waals surface area contributed by atoms with E-state index in [0.29, 0.717) is 18.7 Å². The van der Waals surface area contributed by atoms with Crippen molar-refractivity contribution >= 4 is 29.9 Å². The molecule has 0 aliphatic carbocycles. The van der Waals surface area contributed by atoms with Gasteiger partial charge in [-0.2, -0.15) is 5.26 Å². The summed E-state index contributed by atoms with van der Waals surface area (Å²) in [5.74, 6) is 0.788. The normalized spacial score (nSPS) is 10.3. The van der Waals surface area contributed by atoms with Crippen molar-refractivity contribution in [3.63, 3.8) is 0 Å². The standard InChI is InChI=1S/C18H20N4.HI/c1-2-20-18(21-13-16-6-4-3-5-7-16)22-14-17-10-8-15(12-19)9-11-17;/h3-11H,2,13-14H2,1H3,(H2,20,21,22);1H. The van der Waals surface area contributed by atoms with Crippen LogP contribution >= 0.6 is 24.0 Å². The van der Waals surface area contributed by atoms with Gasteiger partial charge in [0, 0.05) is 13.1 Å². The minimum atomic E-state index is 0. The van der Waals surface area contributed by atoms with E-state index in [-0.39, 0.29) is 24.0 Å². The fourth-order valence-electron chi connectivity index (χ4n) is 1.98. The molecule has 2 aromatic rings. The lowest BCUT2D eigenvalue weighted by atomic mass is 10.1. The first-order valence-electron chi connectivity index (χ1n) is 7.37. The second-order valence-corrected chi connectivity index (χ2v) is 4.84. The predicted molar refractivity (Wildman–Crippen MR) is 105 cm³/mol. The van der Waals surface area contributed by atoms with Gasteiger partial charge < -0.3 is 10.6 Å². The van der Waals surface area contributed by atoms with E-state index in [2.05, 4.69) is 33.8 Å². The zero-order valence-corrected chi connectivity index (χ0v) is 15.5. The summed E-state index contributed by atoms with van der Waals surface area (Å²) >= 11 is 0. The van der Waals surface area contributed by atoms with E-state index < -0.39 is 0 Å². The Morgan fingerprint density at radius 2 is 1.70 bits per heavy atom. The van der Waals surface area contributed by atoms with Crippen LogP contribution in [-0.2, 0) is 13.1 Å². The lowest BCUT2D eigenvalue weighted by Gasteiger charge is -2.11. The molecule has 23 heavy (non-hydrogen) atoms. The van der Waals surface area contributed by atoms with E-state index in [9.17, 15) is 0 Å². The van der Waals surface area contributed by atoms with Crippen LogP contribution in [0.25, 0.3) is 0 Å². The van der Waals surface area contributed by atoms with Gasteiger partial charge in [0.2, 0.25) is 0 Å². The van der Waals surface area contributed by atoms with E-state index in [4.69, 9.17) is 5.26 Å². The molecular weight excluding hydrogens is 399 g/mol. The summed E-state index contributed by atoms with van der Waals surface area (Å²) in [6, 6.07) is 19.8. The zero-order valence-electron chi connectivity index (χ0n) is 13.1. The molecule has 0 aliphatic heterocycles. The molecule has 5 heteroatoms. The van der Waals surface area contributed by atoms with E-state index in [0.717, 1.165) is 18.1 Å². The summed E-state index contributed by atoms with van der Waals surface area (Å²) < 4.78 is 0. The van der Waals surface area contributed by atoms with E-state index in [1.807, 2.05) is 49.4 Å². The summed E-state index contributed by atoms with van der Waals surface area (Å²) in [5, 5.41) is 15.3. The average Bonchev–Trinajstić information content (AvgIpc) is 2.59. The molecule has 4 nitrogen and oxygen atoms in total. The molecule has 2 N–H and O–H groups in total. The number of halogens is 1. The third kappa shape index (κ3) is 6.70. The van der Waals surface area contributed by atoms with E-state index in [1.54, 1.807) is 0 Å². The lowest BCUT2D eigenvalue weighted by Crippen LogP contribution is -2.36. The number of rotatable bonds is 5. The van der Waals surface area contributed by atoms with Crippen LogP contribution < -0.4 is 10.6 Å². The van der Waals surface area contributed by atoms with Crippen molar-refractivity contribution in [3.05, 3.63) is 71.3 Å². The largest absolute Gasteiger partial charge is 0.357 e. The van der Waals surface area contributed by atoms with Gasteiger partial charge in [0.15, 0.2) is 5.96 Å². The molecule has 0 saturated heterocycles. The first kappa shape index (κ1) is 19.0. The van der Waals surface area contributed by atoms with Gasteiger partial charge in [0.05, 0.1) is 18.2 Å². The van der Waals surface area contributed by atoms with Gasteiger partial charge in [-0.05, 0) is 30.2 Å². The summed E-state index contributed by atoms with van der Waals surface area (Å²) in [7, 11) is 0. The monoisotopic (exact) mass is 420 g/mol. The maximum atomic E-state index is 8.80. The van der Waals surface area contributed by atoms with E-state index >= 15 is 0 Å². The highest BCUT2D eigenvalue weighted by Crippen LogP contribution is 2.03. The maximum absolute atomic E-state index is 8.80. The Hall–Kier alpha value is -2.07. The number of hydrogen-bond acceptors (Lipinski definition) is 2. The summed E-state index contributed by atoms with van der Waals surface area (Å²) in [6.45, 7) is 4.17. The van der Waals surface area contributed by atoms with Crippen LogP contribution in [0, 0.1) is 11.3 Å². The minimum Gasteiger partial charge on any atom is -0.357 e. The molecule has 0 spiro atoms. The molecule has 0 saturated carbocycles. The molecule has 0 amide bonds. The van der Waals surface area contributed by atoms with Gasteiger partial charge >= 0.3 is 0 Å². The van der Waals surface area contributed by atoms with Crippen molar-refractivity contribution < 1.29 is 0 Å². The number of nitrogens with one attached hydrogen (secondary N) is 2. The van der Waals surface area contributed by atoms with Gasteiger partial charge in [0.1, 0.15) is 0 Å². The van der Waals surface area contributed by atoms with Crippen LogP contribution in [0.15, 0.2) is 59.6 Å². The molecule has 0 atom stereocenters. The number of guanidine groups is 1. The minimum absolute atomic E-state index is 0. The number of nitrogens with zero attached hydrogens (tertiary/aromatic N) is 2. The molecular formula is C18H21IN4. The van der Waals surface area contributed by atoms with Gasteiger partial charge in [0.25, 0.3) is 0 Å². The third-order valence-corrected chi connectivity index (χ3v) is 3.15. The second kappa shape index (κ2) is 10.6. The number of hydrogen-bond donors (Lipinski definition) is 2. The number of nitriles is 1. The van der Waals surface area contributed by atoms with Crippen LogP contribution in [0.4, 0.5) is 0 Å². The quantitative estimate of drug-likeness (QED) is 0.443. The Kier molecular flexibility index (Phi) is 8.76. The molecule has 0 unspecified atom stereocenters. The fourth-order valence-corrected chi connectivity index (χ4v) is 1.98. The van der Waals surface area contributed by atoms with Crippen LogP contribution in [0.2, 0.25) is 0 Å². The molecule has 2 rings (SSSR count). The van der Waals surface area contributed by atoms with Gasteiger partial charge in [-0.1, -0.05) is 42.5 Å². The topological polar surface area (TPSA) is 60.2 Å². The van der Waals surface area contributed by atoms with Gasteiger partial charge in [-0.25, -0.2) is 4.99 Å². The average molecular weight is 420 g/mol. The van der Waals surface area contributed by atoms with Crippen molar-refractivity contribution in [2.24, 2.45) is 4.99 Å². The second-order valence-electron chi connectivity index (χ2n) is 4.84. The summed E-state index contributed by atoms with van der Waals surface area (Å²) in [4.78, 5) is 4.57. The third-order valence-electron chi connectivity index (χ3n) is 3.15. The van der Waals surface area contributed by atoms with Gasteiger partial charge in [-0.3, -0.25) is 0 Å². The van der Waals surface area contributed by atoms with Gasteiger partial charge in [-0.15, -0.1) is 24.0 Å². The smallest absolute Gasteiger partial charge is 0.191 e. The number of benzene rings is 2. The lowest BCUT2D eigenvalue weighted by molar-refractivity contribution is 0.816. The van der Waals surface area contributed by atoms with Crippen LogP contribution in [0.3, 0.4) is 0 Å². The molecule has 0 heterocycles. The molecule has 120 valence electrons. The summed E-state index contributed by atoms with van der Waals surface area (Å²) in [5.41, 5.74) is 2.97. The highest BCUT2D eigenvalue weighted by Gasteiger charge is 1.99. The van der Waals surface area contributed by atoms with Crippen molar-refractivity contribution in [1.82, 2.24) is 10.6 Å². The fraction of sp³-hybridized carbons (Fsp3) is 0.222. The van der Waals surface area contributed by atoms with Crippen molar-refractivity contribution in [2.75, 3.05) is 6.54 Å². The van der Waals surface area contributed by atoms with Crippen molar-refractivity contribution in [3.8, 4) is 6.07 Å². The first-order valence-corrected chi connectivity index (χ1v) is 7.37. The molecule has 0 aromatic heterocycles. The molecule has 0 bridgehead atoms.